The lowest BCUT2D eigenvalue weighted by atomic mass is 9.93. The Morgan fingerprint density at radius 3 is 2.52 bits per heavy atom. The lowest BCUT2D eigenvalue weighted by molar-refractivity contribution is -0.0811. The molecule has 3 atom stereocenters. The predicted molar refractivity (Wildman–Crippen MR) is 116 cm³/mol. The van der Waals surface area contributed by atoms with Crippen molar-refractivity contribution in [1.82, 2.24) is 15.1 Å². The zero-order chi connectivity index (χ0) is 21.6. The second-order valence-electron chi connectivity index (χ2n) is 9.97. The molecule has 5 rings (SSSR count). The molecule has 0 unspecified atom stereocenters. The summed E-state index contributed by atoms with van der Waals surface area (Å²) in [5.74, 6) is 1.14. The molecule has 1 aromatic heterocycles. The number of rotatable bonds is 4. The Bertz CT molecular complexity index is 922. The van der Waals surface area contributed by atoms with Crippen LogP contribution in [0.5, 0.6) is 0 Å². The molecule has 0 amide bonds. The van der Waals surface area contributed by atoms with E-state index in [2.05, 4.69) is 34.3 Å². The minimum absolute atomic E-state index is 0.00995. The van der Waals surface area contributed by atoms with E-state index in [1.54, 1.807) is 12.1 Å². The van der Waals surface area contributed by atoms with Crippen LogP contribution in [-0.4, -0.2) is 52.5 Å². The molecule has 0 bridgehead atoms. The standard InChI is InChI=1S/C24H30F2N4O/c1-24(2)12-19(7-8-31-24)30-13-15-9-18(10-16(15)14-30)27-23-6-5-22(28-29-23)20-11-17(25)3-4-21(20)26/h3-6,11,15-16,18-19H,7-10,12-14H2,1-2H3,(H,27,29)/t15-,16-,19+/m1/s1. The molecule has 2 aromatic rings. The van der Waals surface area contributed by atoms with Crippen LogP contribution in [0.3, 0.4) is 0 Å². The van der Waals surface area contributed by atoms with Gasteiger partial charge in [-0.3, -0.25) is 4.90 Å². The van der Waals surface area contributed by atoms with Gasteiger partial charge in [0.25, 0.3) is 0 Å². The van der Waals surface area contributed by atoms with Gasteiger partial charge in [0, 0.05) is 37.3 Å². The highest BCUT2D eigenvalue weighted by molar-refractivity contribution is 5.60. The van der Waals surface area contributed by atoms with Gasteiger partial charge in [0.2, 0.25) is 0 Å². The van der Waals surface area contributed by atoms with Crippen molar-refractivity contribution < 1.29 is 13.5 Å². The average molecular weight is 429 g/mol. The first kappa shape index (κ1) is 20.8. The highest BCUT2D eigenvalue weighted by atomic mass is 19.1. The van der Waals surface area contributed by atoms with Crippen LogP contribution in [0.4, 0.5) is 14.6 Å². The summed E-state index contributed by atoms with van der Waals surface area (Å²) in [4.78, 5) is 2.69. The van der Waals surface area contributed by atoms with E-state index in [-0.39, 0.29) is 11.2 Å². The summed E-state index contributed by atoms with van der Waals surface area (Å²) in [6, 6.07) is 7.88. The van der Waals surface area contributed by atoms with E-state index in [0.717, 1.165) is 62.3 Å². The van der Waals surface area contributed by atoms with Crippen LogP contribution in [0.25, 0.3) is 11.3 Å². The van der Waals surface area contributed by atoms with Crippen molar-refractivity contribution in [3.8, 4) is 11.3 Å². The number of aromatic nitrogens is 2. The highest BCUT2D eigenvalue weighted by Gasteiger charge is 2.44. The Morgan fingerprint density at radius 2 is 1.84 bits per heavy atom. The summed E-state index contributed by atoms with van der Waals surface area (Å²) < 4.78 is 33.3. The molecule has 31 heavy (non-hydrogen) atoms. The molecule has 3 fully saturated rings. The molecule has 166 valence electrons. The van der Waals surface area contributed by atoms with Crippen molar-refractivity contribution in [2.75, 3.05) is 25.0 Å². The molecule has 1 saturated carbocycles. The quantitative estimate of drug-likeness (QED) is 0.777. The third-order valence-corrected chi connectivity index (χ3v) is 7.19. The van der Waals surface area contributed by atoms with Gasteiger partial charge in [-0.15, -0.1) is 10.2 Å². The largest absolute Gasteiger partial charge is 0.375 e. The normalized spacial score (nSPS) is 28.6. The number of anilines is 1. The van der Waals surface area contributed by atoms with Crippen molar-refractivity contribution in [3.05, 3.63) is 42.0 Å². The first-order valence-electron chi connectivity index (χ1n) is 11.3. The van der Waals surface area contributed by atoms with Crippen molar-refractivity contribution in [2.45, 2.75) is 57.2 Å². The molecule has 2 aliphatic heterocycles. The molecule has 5 nitrogen and oxygen atoms in total. The van der Waals surface area contributed by atoms with E-state index < -0.39 is 11.6 Å². The summed E-state index contributed by atoms with van der Waals surface area (Å²) in [7, 11) is 0. The predicted octanol–water partition coefficient (Wildman–Crippen LogP) is 4.50. The summed E-state index contributed by atoms with van der Waals surface area (Å²) in [6.07, 6.45) is 4.52. The van der Waals surface area contributed by atoms with E-state index in [4.69, 9.17) is 4.74 Å². The van der Waals surface area contributed by atoms with E-state index in [0.29, 0.717) is 23.6 Å². The second-order valence-corrected chi connectivity index (χ2v) is 9.97. The molecule has 1 aromatic carbocycles. The number of nitrogens with zero attached hydrogens (tertiary/aromatic N) is 3. The van der Waals surface area contributed by atoms with Gasteiger partial charge in [-0.25, -0.2) is 8.78 Å². The van der Waals surface area contributed by atoms with Gasteiger partial charge in [0.15, 0.2) is 0 Å². The van der Waals surface area contributed by atoms with Gasteiger partial charge < -0.3 is 10.1 Å². The van der Waals surface area contributed by atoms with Crippen LogP contribution in [0.15, 0.2) is 30.3 Å². The topological polar surface area (TPSA) is 50.3 Å². The lowest BCUT2D eigenvalue weighted by Gasteiger charge is -2.40. The molecule has 1 N–H and O–H groups in total. The fraction of sp³-hybridized carbons (Fsp3) is 0.583. The minimum atomic E-state index is -0.502. The first-order valence-corrected chi connectivity index (χ1v) is 11.3. The average Bonchev–Trinajstić information content (AvgIpc) is 3.28. The molecule has 0 spiro atoms. The van der Waals surface area contributed by atoms with Gasteiger partial charge in [-0.1, -0.05) is 0 Å². The second kappa shape index (κ2) is 8.10. The molecular weight excluding hydrogens is 398 g/mol. The van der Waals surface area contributed by atoms with E-state index in [1.165, 1.54) is 13.1 Å². The Balaban J connectivity index is 1.17. The van der Waals surface area contributed by atoms with Crippen LogP contribution in [0.2, 0.25) is 0 Å². The van der Waals surface area contributed by atoms with Gasteiger partial charge in [-0.05, 0) is 81.7 Å². The number of fused-ring (bicyclic) bond motifs is 1. The fourth-order valence-electron chi connectivity index (χ4n) is 5.72. The van der Waals surface area contributed by atoms with E-state index in [1.807, 2.05) is 0 Å². The monoisotopic (exact) mass is 428 g/mol. The Morgan fingerprint density at radius 1 is 1.06 bits per heavy atom. The van der Waals surface area contributed by atoms with Gasteiger partial charge in [0.1, 0.15) is 17.5 Å². The fourth-order valence-corrected chi connectivity index (χ4v) is 5.72. The summed E-state index contributed by atoms with van der Waals surface area (Å²) in [5, 5.41) is 11.8. The van der Waals surface area contributed by atoms with Gasteiger partial charge >= 0.3 is 0 Å². The van der Waals surface area contributed by atoms with Crippen molar-refractivity contribution in [1.29, 1.82) is 0 Å². The lowest BCUT2D eigenvalue weighted by Crippen LogP contribution is -2.45. The highest BCUT2D eigenvalue weighted by Crippen LogP contribution is 2.41. The van der Waals surface area contributed by atoms with E-state index >= 15 is 0 Å². The zero-order valence-corrected chi connectivity index (χ0v) is 18.2. The smallest absolute Gasteiger partial charge is 0.148 e. The van der Waals surface area contributed by atoms with Gasteiger partial charge in [0.05, 0.1) is 11.3 Å². The first-order chi connectivity index (χ1) is 14.9. The maximum absolute atomic E-state index is 14.0. The number of halogens is 2. The number of hydrogen-bond donors (Lipinski definition) is 1. The van der Waals surface area contributed by atoms with Crippen LogP contribution >= 0.6 is 0 Å². The SMILES string of the molecule is CC1(C)C[C@@H](N2C[C@H]3CC(Nc4ccc(-c5cc(F)ccc5F)nn4)C[C@@H]3C2)CCO1. The summed E-state index contributed by atoms with van der Waals surface area (Å²) >= 11 is 0. The maximum Gasteiger partial charge on any atom is 0.148 e. The van der Waals surface area contributed by atoms with Crippen molar-refractivity contribution in [2.24, 2.45) is 11.8 Å². The van der Waals surface area contributed by atoms with Crippen molar-refractivity contribution in [3.63, 3.8) is 0 Å². The Hall–Kier alpha value is -2.12. The maximum atomic E-state index is 14.0. The number of ether oxygens (including phenoxy) is 1. The molecule has 3 heterocycles. The van der Waals surface area contributed by atoms with Crippen LogP contribution in [-0.2, 0) is 4.74 Å². The molecule has 3 aliphatic rings. The molecule has 2 saturated heterocycles. The number of likely N-dealkylation sites (tertiary alicyclic amines) is 1. The third kappa shape index (κ3) is 4.44. The summed E-state index contributed by atoms with van der Waals surface area (Å²) in [5.41, 5.74) is 0.455. The molecular formula is C24H30F2N4O. The number of nitrogens with one attached hydrogen (secondary N) is 1. The Labute approximate surface area is 182 Å². The van der Waals surface area contributed by atoms with Crippen LogP contribution in [0.1, 0.15) is 39.5 Å². The van der Waals surface area contributed by atoms with Crippen LogP contribution < -0.4 is 5.32 Å². The van der Waals surface area contributed by atoms with Crippen molar-refractivity contribution >= 4 is 5.82 Å². The van der Waals surface area contributed by atoms with Crippen LogP contribution in [0, 0.1) is 23.5 Å². The van der Waals surface area contributed by atoms with Gasteiger partial charge in [-0.2, -0.15) is 0 Å². The minimum Gasteiger partial charge on any atom is -0.375 e. The number of hydrogen-bond acceptors (Lipinski definition) is 5. The molecule has 7 heteroatoms. The molecule has 1 aliphatic carbocycles. The third-order valence-electron chi connectivity index (χ3n) is 7.19. The number of benzene rings is 1. The Kier molecular flexibility index (Phi) is 5.42. The zero-order valence-electron chi connectivity index (χ0n) is 18.2. The molecule has 0 radical (unpaired) electrons. The van der Waals surface area contributed by atoms with E-state index in [9.17, 15) is 8.78 Å². The summed E-state index contributed by atoms with van der Waals surface area (Å²) in [6.45, 7) is 7.61.